The summed E-state index contributed by atoms with van der Waals surface area (Å²) in [6.45, 7) is 4.77. The summed E-state index contributed by atoms with van der Waals surface area (Å²) in [5.41, 5.74) is 2.61. The van der Waals surface area contributed by atoms with Crippen molar-refractivity contribution in [2.75, 3.05) is 0 Å². The van der Waals surface area contributed by atoms with Crippen molar-refractivity contribution >= 4 is 16.9 Å². The number of carbonyl (C=O) groups excluding carboxylic acids is 1. The Morgan fingerprint density at radius 1 is 1.07 bits per heavy atom. The quantitative estimate of drug-likeness (QED) is 0.698. The summed E-state index contributed by atoms with van der Waals surface area (Å²) in [7, 11) is 1.74. The average molecular weight is 367 g/mol. The van der Waals surface area contributed by atoms with E-state index in [0.717, 1.165) is 22.3 Å². The molecule has 3 aromatic rings. The number of rotatable bonds is 7. The minimum Gasteiger partial charge on any atom is -0.491 e. The van der Waals surface area contributed by atoms with Gasteiger partial charge in [0.25, 0.3) is 0 Å². The van der Waals surface area contributed by atoms with Crippen molar-refractivity contribution in [1.82, 2.24) is 14.5 Å². The lowest BCUT2D eigenvalue weighted by Crippen LogP contribution is -2.27. The summed E-state index contributed by atoms with van der Waals surface area (Å²) in [6, 6.07) is 15.3. The number of amides is 1. The molecule has 0 atom stereocenters. The summed E-state index contributed by atoms with van der Waals surface area (Å²) in [5, 5.41) is 2.90. The molecule has 0 saturated carbocycles. The molecular formula is C21H25N3O3. The summed E-state index contributed by atoms with van der Waals surface area (Å²) in [5.74, 6) is 0.729. The van der Waals surface area contributed by atoms with E-state index in [1.165, 1.54) is 0 Å². The Bertz CT molecular complexity index is 984. The lowest BCUT2D eigenvalue weighted by molar-refractivity contribution is -0.121. The van der Waals surface area contributed by atoms with E-state index in [-0.39, 0.29) is 24.1 Å². The molecule has 0 spiro atoms. The second-order valence-corrected chi connectivity index (χ2v) is 6.82. The van der Waals surface area contributed by atoms with Gasteiger partial charge in [0.1, 0.15) is 5.75 Å². The first-order chi connectivity index (χ1) is 13.0. The van der Waals surface area contributed by atoms with Gasteiger partial charge in [-0.05, 0) is 43.7 Å². The fourth-order valence-corrected chi connectivity index (χ4v) is 3.04. The highest BCUT2D eigenvalue weighted by Crippen LogP contribution is 2.14. The third-order valence-electron chi connectivity index (χ3n) is 4.40. The number of fused-ring (bicyclic) bond motifs is 1. The molecule has 0 unspecified atom stereocenters. The number of nitrogens with one attached hydrogen (secondary N) is 1. The third kappa shape index (κ3) is 4.39. The number of nitrogens with zero attached hydrogens (tertiary/aromatic N) is 2. The van der Waals surface area contributed by atoms with Crippen molar-refractivity contribution in [3.63, 3.8) is 0 Å². The maximum absolute atomic E-state index is 12.4. The van der Waals surface area contributed by atoms with Gasteiger partial charge in [-0.1, -0.05) is 24.3 Å². The third-order valence-corrected chi connectivity index (χ3v) is 4.40. The van der Waals surface area contributed by atoms with E-state index in [9.17, 15) is 9.59 Å². The first-order valence-electron chi connectivity index (χ1n) is 9.12. The Labute approximate surface area is 158 Å². The molecule has 0 bridgehead atoms. The summed E-state index contributed by atoms with van der Waals surface area (Å²) >= 11 is 0. The number of para-hydroxylation sites is 2. The van der Waals surface area contributed by atoms with E-state index in [2.05, 4.69) is 5.32 Å². The van der Waals surface area contributed by atoms with E-state index in [1.54, 1.807) is 16.2 Å². The van der Waals surface area contributed by atoms with Gasteiger partial charge in [-0.2, -0.15) is 0 Å². The molecule has 1 heterocycles. The van der Waals surface area contributed by atoms with Crippen LogP contribution in [0.5, 0.6) is 5.75 Å². The van der Waals surface area contributed by atoms with Gasteiger partial charge in [0.2, 0.25) is 5.91 Å². The SMILES string of the molecule is CC(C)Oc1ccc(CNC(=O)CCn2c(=O)n(C)c3ccccc32)cc1. The van der Waals surface area contributed by atoms with Gasteiger partial charge < -0.3 is 10.1 Å². The summed E-state index contributed by atoms with van der Waals surface area (Å²) < 4.78 is 8.86. The molecule has 0 saturated heterocycles. The number of hydrogen-bond acceptors (Lipinski definition) is 3. The van der Waals surface area contributed by atoms with Crippen LogP contribution in [0.4, 0.5) is 0 Å². The molecule has 142 valence electrons. The predicted octanol–water partition coefficient (Wildman–Crippen LogP) is 2.83. The van der Waals surface area contributed by atoms with Gasteiger partial charge in [-0.3, -0.25) is 13.9 Å². The van der Waals surface area contributed by atoms with Crippen molar-refractivity contribution in [3.05, 3.63) is 64.6 Å². The molecule has 1 aromatic heterocycles. The normalized spacial score (nSPS) is 11.1. The molecule has 0 aliphatic rings. The summed E-state index contributed by atoms with van der Waals surface area (Å²) in [6.07, 6.45) is 0.385. The highest BCUT2D eigenvalue weighted by atomic mass is 16.5. The van der Waals surface area contributed by atoms with Crippen LogP contribution >= 0.6 is 0 Å². The number of imidazole rings is 1. The molecule has 0 radical (unpaired) electrons. The van der Waals surface area contributed by atoms with Crippen molar-refractivity contribution in [2.24, 2.45) is 7.05 Å². The van der Waals surface area contributed by atoms with Gasteiger partial charge in [0, 0.05) is 26.6 Å². The van der Waals surface area contributed by atoms with Crippen LogP contribution in [0.25, 0.3) is 11.0 Å². The Morgan fingerprint density at radius 2 is 1.74 bits per heavy atom. The molecule has 1 amide bonds. The van der Waals surface area contributed by atoms with Crippen LogP contribution in [0, 0.1) is 0 Å². The molecule has 3 rings (SSSR count). The van der Waals surface area contributed by atoms with Crippen LogP contribution in [0.2, 0.25) is 0 Å². The zero-order valence-corrected chi connectivity index (χ0v) is 15.9. The lowest BCUT2D eigenvalue weighted by Gasteiger charge is -2.10. The minimum absolute atomic E-state index is 0.0858. The highest BCUT2D eigenvalue weighted by Gasteiger charge is 2.11. The van der Waals surface area contributed by atoms with Gasteiger partial charge in [0.15, 0.2) is 0 Å². The average Bonchev–Trinajstić information content (AvgIpc) is 2.90. The van der Waals surface area contributed by atoms with Gasteiger partial charge in [-0.15, -0.1) is 0 Å². The number of benzene rings is 2. The van der Waals surface area contributed by atoms with Crippen LogP contribution in [-0.2, 0) is 24.9 Å². The number of aromatic nitrogens is 2. The van der Waals surface area contributed by atoms with Gasteiger partial charge in [-0.25, -0.2) is 4.79 Å². The van der Waals surface area contributed by atoms with E-state index < -0.39 is 0 Å². The molecule has 6 heteroatoms. The predicted molar refractivity (Wildman–Crippen MR) is 106 cm³/mol. The van der Waals surface area contributed by atoms with E-state index in [1.807, 2.05) is 62.4 Å². The van der Waals surface area contributed by atoms with Crippen molar-refractivity contribution in [1.29, 1.82) is 0 Å². The first-order valence-corrected chi connectivity index (χ1v) is 9.12. The molecule has 1 N–H and O–H groups in total. The Balaban J connectivity index is 1.56. The lowest BCUT2D eigenvalue weighted by atomic mass is 10.2. The Kier molecular flexibility index (Phi) is 5.64. The maximum atomic E-state index is 12.4. The zero-order chi connectivity index (χ0) is 19.4. The van der Waals surface area contributed by atoms with Crippen LogP contribution < -0.4 is 15.7 Å². The second-order valence-electron chi connectivity index (χ2n) is 6.82. The molecule has 2 aromatic carbocycles. The van der Waals surface area contributed by atoms with Gasteiger partial charge in [0.05, 0.1) is 17.1 Å². The van der Waals surface area contributed by atoms with Crippen LogP contribution in [0.15, 0.2) is 53.3 Å². The second kappa shape index (κ2) is 8.12. The molecule has 0 aliphatic heterocycles. The maximum Gasteiger partial charge on any atom is 0.328 e. The van der Waals surface area contributed by atoms with Gasteiger partial charge >= 0.3 is 5.69 Å². The van der Waals surface area contributed by atoms with Crippen molar-refractivity contribution in [3.8, 4) is 5.75 Å². The summed E-state index contributed by atoms with van der Waals surface area (Å²) in [4.78, 5) is 24.6. The number of hydrogen-bond donors (Lipinski definition) is 1. The monoisotopic (exact) mass is 367 g/mol. The largest absolute Gasteiger partial charge is 0.491 e. The molecular weight excluding hydrogens is 342 g/mol. The smallest absolute Gasteiger partial charge is 0.328 e. The van der Waals surface area contributed by atoms with Crippen LogP contribution in [-0.4, -0.2) is 21.1 Å². The topological polar surface area (TPSA) is 65.3 Å². The first kappa shape index (κ1) is 18.8. The van der Waals surface area contributed by atoms with Crippen LogP contribution in [0.1, 0.15) is 25.8 Å². The molecule has 0 fully saturated rings. The fourth-order valence-electron chi connectivity index (χ4n) is 3.04. The minimum atomic E-state index is -0.107. The zero-order valence-electron chi connectivity index (χ0n) is 15.9. The van der Waals surface area contributed by atoms with E-state index >= 15 is 0 Å². The molecule has 6 nitrogen and oxygen atoms in total. The Morgan fingerprint density at radius 3 is 2.41 bits per heavy atom. The standard InChI is InChI=1S/C21H25N3O3/c1-15(2)27-17-10-8-16(9-11-17)14-22-20(25)12-13-24-19-7-5-4-6-18(19)23(3)21(24)26/h4-11,15H,12-14H2,1-3H3,(H,22,25). The van der Waals surface area contributed by atoms with Crippen LogP contribution in [0.3, 0.4) is 0 Å². The van der Waals surface area contributed by atoms with Crippen molar-refractivity contribution < 1.29 is 9.53 Å². The highest BCUT2D eigenvalue weighted by molar-refractivity contribution is 5.77. The Hall–Kier alpha value is -3.02. The molecule has 0 aliphatic carbocycles. The van der Waals surface area contributed by atoms with E-state index in [0.29, 0.717) is 13.1 Å². The molecule has 27 heavy (non-hydrogen) atoms. The number of ether oxygens (including phenoxy) is 1. The van der Waals surface area contributed by atoms with E-state index in [4.69, 9.17) is 4.74 Å². The fraction of sp³-hybridized carbons (Fsp3) is 0.333. The number of aryl methyl sites for hydroxylation is 2. The van der Waals surface area contributed by atoms with Crippen molar-refractivity contribution in [2.45, 2.75) is 39.5 Å². The number of carbonyl (C=O) groups is 1.